The molecule has 0 heterocycles. The van der Waals surface area contributed by atoms with Gasteiger partial charge in [0.15, 0.2) is 0 Å². The normalized spacial score (nSPS) is 11.8. The average molecular weight is 859 g/mol. The van der Waals surface area contributed by atoms with Gasteiger partial charge in [0.05, 0.1) is 0 Å². The minimum atomic E-state index is 1.22. The predicted molar refractivity (Wildman–Crippen MR) is 294 cm³/mol. The molecule has 0 aromatic heterocycles. The summed E-state index contributed by atoms with van der Waals surface area (Å²) in [7, 11) is 0. The van der Waals surface area contributed by atoms with Crippen LogP contribution in [0.4, 0.5) is 0 Å². The van der Waals surface area contributed by atoms with Gasteiger partial charge in [-0.3, -0.25) is 0 Å². The highest BCUT2D eigenvalue weighted by Crippen LogP contribution is 2.40. The quantitative estimate of drug-likeness (QED) is 0.151. The van der Waals surface area contributed by atoms with Crippen LogP contribution in [-0.2, 0) is 0 Å². The molecule has 0 spiro atoms. The topological polar surface area (TPSA) is 0 Å². The van der Waals surface area contributed by atoms with Crippen LogP contribution >= 0.6 is 0 Å². The van der Waals surface area contributed by atoms with Crippen LogP contribution in [0.1, 0.15) is 0 Å². The summed E-state index contributed by atoms with van der Waals surface area (Å²) in [6, 6.07) is 94.7. The van der Waals surface area contributed by atoms with Crippen molar-refractivity contribution < 1.29 is 0 Å². The van der Waals surface area contributed by atoms with Crippen LogP contribution in [0.3, 0.4) is 0 Å². The molecule has 14 rings (SSSR count). The lowest BCUT2D eigenvalue weighted by Gasteiger charge is -2.13. The molecule has 0 nitrogen and oxygen atoms in total. The number of fused-ring (bicyclic) bond motifs is 12. The summed E-state index contributed by atoms with van der Waals surface area (Å²) in [4.78, 5) is 0. The van der Waals surface area contributed by atoms with Crippen LogP contribution in [-0.4, -0.2) is 0 Å². The van der Waals surface area contributed by atoms with Crippen molar-refractivity contribution in [1.29, 1.82) is 0 Å². The summed E-state index contributed by atoms with van der Waals surface area (Å²) < 4.78 is 0. The molecule has 68 heavy (non-hydrogen) atoms. The van der Waals surface area contributed by atoms with Crippen LogP contribution in [0.5, 0.6) is 0 Å². The van der Waals surface area contributed by atoms with Crippen LogP contribution in [0.15, 0.2) is 255 Å². The molecule has 314 valence electrons. The van der Waals surface area contributed by atoms with E-state index in [0.29, 0.717) is 0 Å². The Morgan fingerprint density at radius 2 is 0.397 bits per heavy atom. The van der Waals surface area contributed by atoms with E-state index in [1.165, 1.54) is 142 Å². The zero-order valence-electron chi connectivity index (χ0n) is 37.2. The Labute approximate surface area is 394 Å². The van der Waals surface area contributed by atoms with Crippen LogP contribution in [0.25, 0.3) is 142 Å². The van der Waals surface area contributed by atoms with E-state index in [1.807, 2.05) is 0 Å². The number of rotatable bonds is 5. The summed E-state index contributed by atoms with van der Waals surface area (Å²) in [5, 5.41) is 20.3. The first-order chi connectivity index (χ1) is 33.7. The predicted octanol–water partition coefficient (Wildman–Crippen LogP) is 19.2. The van der Waals surface area contributed by atoms with Crippen LogP contribution in [0, 0.1) is 0 Å². The molecule has 0 saturated carbocycles. The van der Waals surface area contributed by atoms with Gasteiger partial charge in [-0.1, -0.05) is 206 Å². The molecule has 0 aliphatic heterocycles. The van der Waals surface area contributed by atoms with E-state index >= 15 is 0 Å². The largest absolute Gasteiger partial charge is 0.0616 e. The SMILES string of the molecule is c1cc(-c2ccc3c(ccc4cc(-c5ccc6c(ccc7cc(-c8cccc(-c9cc%10ccccc%10c%10ccccc9%10)c8)ccc76)c5)ccc43)c2)cc(-c2cc3ccccc3c3ccccc23)c1. The summed E-state index contributed by atoms with van der Waals surface area (Å²) >= 11 is 0. The number of benzene rings is 14. The van der Waals surface area contributed by atoms with Crippen LogP contribution in [0.2, 0.25) is 0 Å². The van der Waals surface area contributed by atoms with Crippen molar-refractivity contribution in [2.45, 2.75) is 0 Å². The molecular formula is C68H42. The molecule has 0 saturated heterocycles. The molecule has 0 radical (unpaired) electrons. The Bertz CT molecular complexity index is 4100. The zero-order valence-corrected chi connectivity index (χ0v) is 37.2. The third kappa shape index (κ3) is 6.30. The number of hydrogen-bond acceptors (Lipinski definition) is 0. The maximum atomic E-state index is 2.35. The minimum absolute atomic E-state index is 1.22. The van der Waals surface area contributed by atoms with Crippen molar-refractivity contribution in [1.82, 2.24) is 0 Å². The van der Waals surface area contributed by atoms with Gasteiger partial charge in [-0.25, -0.2) is 0 Å². The van der Waals surface area contributed by atoms with Crippen molar-refractivity contribution in [3.8, 4) is 55.6 Å². The third-order valence-corrected chi connectivity index (χ3v) is 14.6. The molecule has 0 aliphatic carbocycles. The molecule has 0 N–H and O–H groups in total. The van der Waals surface area contributed by atoms with E-state index < -0.39 is 0 Å². The van der Waals surface area contributed by atoms with Crippen molar-refractivity contribution in [2.24, 2.45) is 0 Å². The fraction of sp³-hybridized carbons (Fsp3) is 0. The molecule has 0 atom stereocenters. The second kappa shape index (κ2) is 15.4. The molecule has 0 heteroatoms. The van der Waals surface area contributed by atoms with Gasteiger partial charge >= 0.3 is 0 Å². The second-order valence-electron chi connectivity index (χ2n) is 18.4. The summed E-state index contributed by atoms with van der Waals surface area (Å²) in [6.45, 7) is 0. The molecule has 14 aromatic rings. The Balaban J connectivity index is 0.762. The van der Waals surface area contributed by atoms with Crippen molar-refractivity contribution >= 4 is 86.2 Å². The molecule has 0 aliphatic rings. The van der Waals surface area contributed by atoms with Gasteiger partial charge in [-0.2, -0.15) is 0 Å². The first-order valence-corrected chi connectivity index (χ1v) is 23.6. The lowest BCUT2D eigenvalue weighted by atomic mass is 9.91. The molecule has 0 bridgehead atoms. The second-order valence-corrected chi connectivity index (χ2v) is 18.4. The fourth-order valence-corrected chi connectivity index (χ4v) is 11.2. The monoisotopic (exact) mass is 858 g/mol. The van der Waals surface area contributed by atoms with Gasteiger partial charge < -0.3 is 0 Å². The maximum absolute atomic E-state index is 2.35. The van der Waals surface area contributed by atoms with E-state index in [-0.39, 0.29) is 0 Å². The molecule has 14 aromatic carbocycles. The lowest BCUT2D eigenvalue weighted by molar-refractivity contribution is 1.63. The highest BCUT2D eigenvalue weighted by molar-refractivity contribution is 6.16. The Morgan fingerprint density at radius 3 is 0.765 bits per heavy atom. The van der Waals surface area contributed by atoms with E-state index in [1.54, 1.807) is 0 Å². The molecule has 0 unspecified atom stereocenters. The highest BCUT2D eigenvalue weighted by atomic mass is 14.2. The average Bonchev–Trinajstić information content (AvgIpc) is 3.42. The Hall–Kier alpha value is -8.84. The van der Waals surface area contributed by atoms with Crippen molar-refractivity contribution in [2.75, 3.05) is 0 Å². The smallest absolute Gasteiger partial charge is 0.00988 e. The van der Waals surface area contributed by atoms with Gasteiger partial charge in [0.2, 0.25) is 0 Å². The third-order valence-electron chi connectivity index (χ3n) is 14.6. The summed E-state index contributed by atoms with van der Waals surface area (Å²) in [5.74, 6) is 0. The lowest BCUT2D eigenvalue weighted by Crippen LogP contribution is -1.87. The minimum Gasteiger partial charge on any atom is -0.0616 e. The van der Waals surface area contributed by atoms with E-state index in [4.69, 9.17) is 0 Å². The highest BCUT2D eigenvalue weighted by Gasteiger charge is 2.14. The van der Waals surface area contributed by atoms with Gasteiger partial charge in [0.1, 0.15) is 0 Å². The van der Waals surface area contributed by atoms with Gasteiger partial charge in [0, 0.05) is 0 Å². The fourth-order valence-electron chi connectivity index (χ4n) is 11.2. The Morgan fingerprint density at radius 1 is 0.132 bits per heavy atom. The standard InChI is InChI=1S/C68H42/c1-3-17-57-51(11-1)41-67(65-21-7-5-19-63(57)65)49-15-9-13-43(35-49)45-27-31-59-53(37-45)23-25-55-39-47(29-33-61(55)59)48-30-34-62-56(40-48)26-24-54-38-46(28-32-60(54)62)44-14-10-16-50(36-44)68-42-52-12-2-4-18-58(52)64-20-6-8-22-66(64)68/h1-42H. The summed E-state index contributed by atoms with van der Waals surface area (Å²) in [6.07, 6.45) is 0. The van der Waals surface area contributed by atoms with Gasteiger partial charge in [0.25, 0.3) is 0 Å². The van der Waals surface area contributed by atoms with Crippen LogP contribution < -0.4 is 0 Å². The van der Waals surface area contributed by atoms with Gasteiger partial charge in [-0.15, -0.1) is 0 Å². The van der Waals surface area contributed by atoms with Gasteiger partial charge in [-0.05, 0) is 190 Å². The molecular weight excluding hydrogens is 817 g/mol. The zero-order chi connectivity index (χ0) is 44.7. The Kier molecular flexibility index (Phi) is 8.69. The van der Waals surface area contributed by atoms with Crippen molar-refractivity contribution in [3.05, 3.63) is 255 Å². The van der Waals surface area contributed by atoms with E-state index in [9.17, 15) is 0 Å². The first kappa shape index (κ1) is 38.4. The molecule has 0 amide bonds. The molecule has 0 fully saturated rings. The maximum Gasteiger partial charge on any atom is -0.00988 e. The summed E-state index contributed by atoms with van der Waals surface area (Å²) in [5.41, 5.74) is 12.3. The van der Waals surface area contributed by atoms with Crippen molar-refractivity contribution in [3.63, 3.8) is 0 Å². The number of hydrogen-bond donors (Lipinski definition) is 0. The van der Waals surface area contributed by atoms with E-state index in [2.05, 4.69) is 255 Å². The first-order valence-electron chi connectivity index (χ1n) is 23.6. The van der Waals surface area contributed by atoms with E-state index in [0.717, 1.165) is 0 Å².